The van der Waals surface area contributed by atoms with Gasteiger partial charge in [-0.2, -0.15) is 4.98 Å². The molecule has 0 aliphatic carbocycles. The Balaban J connectivity index is 1.68. The number of nitrogens with one attached hydrogen (secondary N) is 2. The van der Waals surface area contributed by atoms with Crippen molar-refractivity contribution in [2.45, 2.75) is 88.3 Å². The number of thioether (sulfide) groups is 1. The molecule has 0 spiro atoms. The molecule has 12 heteroatoms. The second-order valence-electron chi connectivity index (χ2n) is 11.4. The van der Waals surface area contributed by atoms with Crippen LogP contribution in [0, 0.1) is 5.92 Å². The Morgan fingerprint density at radius 3 is 2.53 bits per heavy atom. The van der Waals surface area contributed by atoms with Gasteiger partial charge in [0.1, 0.15) is 11.5 Å². The molecular weight excluding hydrogens is 474 g/mol. The normalized spacial score (nSPS) is 27.2. The van der Waals surface area contributed by atoms with Crippen molar-refractivity contribution < 1.29 is 18.8 Å². The summed E-state index contributed by atoms with van der Waals surface area (Å²) in [5.74, 6) is -0.473. The van der Waals surface area contributed by atoms with Crippen LogP contribution in [0.1, 0.15) is 60.8 Å². The molecule has 2 aliphatic rings. The van der Waals surface area contributed by atoms with Gasteiger partial charge in [0.2, 0.25) is 11.9 Å². The van der Waals surface area contributed by atoms with Gasteiger partial charge in [0, 0.05) is 16.0 Å². The quantitative estimate of drug-likeness (QED) is 0.538. The van der Waals surface area contributed by atoms with E-state index in [-0.39, 0.29) is 38.6 Å². The van der Waals surface area contributed by atoms with E-state index in [0.717, 1.165) is 0 Å². The maximum Gasteiger partial charge on any atom is 0.349 e. The molecule has 0 saturated carbocycles. The number of carbonyl (C=O) groups is 1. The molecule has 3 N–H and O–H groups in total. The molecule has 4 rings (SSSR count). The smallest absolute Gasteiger partial charge is 0.349 e. The van der Waals surface area contributed by atoms with Gasteiger partial charge in [0.05, 0.1) is 24.3 Å². The first-order chi connectivity index (χ1) is 15.7. The Hall–Kier alpha value is -1.73. The van der Waals surface area contributed by atoms with Crippen LogP contribution in [0.2, 0.25) is 10.1 Å². The van der Waals surface area contributed by atoms with E-state index in [2.05, 4.69) is 61.8 Å². The summed E-state index contributed by atoms with van der Waals surface area (Å²) in [5, 5.41) is 13.1. The third-order valence-electron chi connectivity index (χ3n) is 6.51. The molecule has 188 valence electrons. The summed E-state index contributed by atoms with van der Waals surface area (Å²) in [6.45, 7) is 16.8. The van der Waals surface area contributed by atoms with Crippen LogP contribution in [-0.4, -0.2) is 63.2 Å². The maximum atomic E-state index is 12.6. The molecule has 0 aromatic carbocycles. The predicted octanol–water partition coefficient (Wildman–Crippen LogP) is 3.15. The minimum absolute atomic E-state index is 0.0549. The number of aromatic nitrogens is 4. The molecule has 2 aromatic rings. The second kappa shape index (κ2) is 8.44. The fourth-order valence-corrected chi connectivity index (χ4v) is 11.7. The van der Waals surface area contributed by atoms with Crippen LogP contribution in [0.3, 0.4) is 0 Å². The van der Waals surface area contributed by atoms with Crippen molar-refractivity contribution in [3.8, 4) is 0 Å². The summed E-state index contributed by atoms with van der Waals surface area (Å²) in [5.41, 5.74) is -0.00579. The molecule has 2 fully saturated rings. The van der Waals surface area contributed by atoms with Crippen LogP contribution in [0.25, 0.3) is 11.2 Å². The van der Waals surface area contributed by atoms with Gasteiger partial charge < -0.3 is 14.0 Å². The van der Waals surface area contributed by atoms with Crippen LogP contribution in [0.15, 0.2) is 11.1 Å². The minimum Gasteiger partial charge on any atom is -0.392 e. The Labute approximate surface area is 204 Å². The molecule has 2 aliphatic heterocycles. The first kappa shape index (κ1) is 25.4. The van der Waals surface area contributed by atoms with E-state index >= 15 is 0 Å². The SMILES string of the molecule is CC(C)C(=O)Nc1nc2c(ncn2[C@@H]2S[C@@H]3CO[Si](C(C)(C)C)(C(C)(C)C)O[C@H]3[C@H]2O)c(=O)[nH]1. The number of fused-ring (bicyclic) bond motifs is 2. The van der Waals surface area contributed by atoms with Gasteiger partial charge in [-0.3, -0.25) is 24.5 Å². The first-order valence-corrected chi connectivity index (χ1v) is 14.4. The van der Waals surface area contributed by atoms with Crippen molar-refractivity contribution in [1.82, 2.24) is 19.5 Å². The van der Waals surface area contributed by atoms with E-state index in [1.54, 1.807) is 18.4 Å². The Bertz CT molecular complexity index is 1140. The number of amides is 1. The van der Waals surface area contributed by atoms with Crippen LogP contribution in [0.4, 0.5) is 5.95 Å². The van der Waals surface area contributed by atoms with Gasteiger partial charge in [-0.05, 0) is 0 Å². The van der Waals surface area contributed by atoms with Gasteiger partial charge in [0.25, 0.3) is 5.56 Å². The fourth-order valence-electron chi connectivity index (χ4n) is 5.00. The lowest BCUT2D eigenvalue weighted by molar-refractivity contribution is -0.118. The highest BCUT2D eigenvalue weighted by Gasteiger charge is 2.64. The van der Waals surface area contributed by atoms with Crippen LogP contribution in [0.5, 0.6) is 0 Å². The lowest BCUT2D eigenvalue weighted by Crippen LogP contribution is -2.65. The molecular formula is C22H35N5O5SSi. The van der Waals surface area contributed by atoms with Crippen LogP contribution in [-0.2, 0) is 13.6 Å². The number of imidazole rings is 1. The van der Waals surface area contributed by atoms with Gasteiger partial charge in [-0.1, -0.05) is 55.4 Å². The highest BCUT2D eigenvalue weighted by Crippen LogP contribution is 2.58. The summed E-state index contributed by atoms with van der Waals surface area (Å²) >= 11 is 1.53. The molecule has 0 unspecified atom stereocenters. The molecule has 2 aromatic heterocycles. The molecule has 1 amide bonds. The molecule has 4 heterocycles. The van der Waals surface area contributed by atoms with E-state index < -0.39 is 31.7 Å². The topological polar surface area (TPSA) is 131 Å². The largest absolute Gasteiger partial charge is 0.392 e. The van der Waals surface area contributed by atoms with Crippen molar-refractivity contribution >= 4 is 43.3 Å². The maximum absolute atomic E-state index is 12.6. The fraction of sp³-hybridized carbons (Fsp3) is 0.727. The zero-order chi connectivity index (χ0) is 25.2. The average molecular weight is 510 g/mol. The van der Waals surface area contributed by atoms with E-state index in [4.69, 9.17) is 8.85 Å². The monoisotopic (exact) mass is 509 g/mol. The number of nitrogens with zero attached hydrogens (tertiary/aromatic N) is 3. The number of anilines is 1. The lowest BCUT2D eigenvalue weighted by Gasteiger charge is -2.53. The van der Waals surface area contributed by atoms with E-state index in [0.29, 0.717) is 12.3 Å². The van der Waals surface area contributed by atoms with E-state index in [1.165, 1.54) is 18.1 Å². The van der Waals surface area contributed by atoms with Crippen molar-refractivity contribution in [2.24, 2.45) is 5.92 Å². The third-order valence-corrected chi connectivity index (χ3v) is 13.2. The number of hydrogen-bond donors (Lipinski definition) is 3. The molecule has 0 bridgehead atoms. The molecule has 4 atom stereocenters. The van der Waals surface area contributed by atoms with Crippen LogP contribution >= 0.6 is 11.8 Å². The summed E-state index contributed by atoms with van der Waals surface area (Å²) in [7, 11) is -2.75. The van der Waals surface area contributed by atoms with Gasteiger partial charge >= 0.3 is 8.56 Å². The van der Waals surface area contributed by atoms with Crippen molar-refractivity contribution in [3.63, 3.8) is 0 Å². The van der Waals surface area contributed by atoms with E-state index in [1.807, 2.05) is 0 Å². The predicted molar refractivity (Wildman–Crippen MR) is 134 cm³/mol. The van der Waals surface area contributed by atoms with Gasteiger partial charge in [-0.15, -0.1) is 11.8 Å². The van der Waals surface area contributed by atoms with Gasteiger partial charge in [0.15, 0.2) is 11.2 Å². The average Bonchev–Trinajstić information content (AvgIpc) is 3.27. The number of aliphatic hydroxyl groups excluding tert-OH is 1. The van der Waals surface area contributed by atoms with E-state index in [9.17, 15) is 14.7 Å². The number of H-pyrrole nitrogens is 1. The number of aliphatic hydroxyl groups is 1. The standard InChI is InChI=1S/C22H35N5O5SSi/c1-11(2)17(29)25-20-24-16-13(18(30)26-20)23-10-27(16)19-14(28)15-12(33-19)9-31-34(32-15,21(3,4)5)22(6,7)8/h10-12,14-15,19,28H,9H2,1-8H3,(H2,24,25,26,29,30)/t12-,14-,15-,19-/m1/s1. The highest BCUT2D eigenvalue weighted by molar-refractivity contribution is 8.00. The first-order valence-electron chi connectivity index (χ1n) is 11.6. The Morgan fingerprint density at radius 2 is 1.94 bits per heavy atom. The summed E-state index contributed by atoms with van der Waals surface area (Å²) < 4.78 is 15.0. The van der Waals surface area contributed by atoms with Crippen molar-refractivity contribution in [1.29, 1.82) is 0 Å². The Morgan fingerprint density at radius 1 is 1.29 bits per heavy atom. The van der Waals surface area contributed by atoms with Crippen molar-refractivity contribution in [2.75, 3.05) is 11.9 Å². The number of hydrogen-bond acceptors (Lipinski definition) is 8. The molecule has 10 nitrogen and oxygen atoms in total. The molecule has 34 heavy (non-hydrogen) atoms. The van der Waals surface area contributed by atoms with Crippen molar-refractivity contribution in [3.05, 3.63) is 16.7 Å². The number of aromatic amines is 1. The second-order valence-corrected chi connectivity index (χ2v) is 17.6. The molecule has 0 radical (unpaired) electrons. The number of rotatable bonds is 3. The zero-order valence-electron chi connectivity index (χ0n) is 21.0. The number of carbonyl (C=O) groups excluding carboxylic acids is 1. The van der Waals surface area contributed by atoms with Crippen LogP contribution < -0.4 is 10.9 Å². The van der Waals surface area contributed by atoms with Gasteiger partial charge in [-0.25, -0.2) is 4.98 Å². The minimum atomic E-state index is -2.75. The zero-order valence-corrected chi connectivity index (χ0v) is 22.8. The highest BCUT2D eigenvalue weighted by atomic mass is 32.2. The third kappa shape index (κ3) is 4.02. The summed E-state index contributed by atoms with van der Waals surface area (Å²) in [6, 6.07) is 0. The molecule has 2 saturated heterocycles. The lowest BCUT2D eigenvalue weighted by atomic mass is 10.1. The summed E-state index contributed by atoms with van der Waals surface area (Å²) in [4.78, 5) is 35.9. The summed E-state index contributed by atoms with van der Waals surface area (Å²) in [6.07, 6.45) is 0.259. The Kier molecular flexibility index (Phi) is 6.29.